The summed E-state index contributed by atoms with van der Waals surface area (Å²) in [6.45, 7) is 3.61. The Kier molecular flexibility index (Phi) is 5.99. The Morgan fingerprint density at radius 3 is 1.83 bits per heavy atom. The molecular formula is C24H25FN2O2S. The van der Waals surface area contributed by atoms with E-state index in [1.54, 1.807) is 6.92 Å². The van der Waals surface area contributed by atoms with E-state index in [4.69, 9.17) is 0 Å². The van der Waals surface area contributed by atoms with Crippen LogP contribution in [0.5, 0.6) is 0 Å². The van der Waals surface area contributed by atoms with Gasteiger partial charge >= 0.3 is 0 Å². The van der Waals surface area contributed by atoms with Crippen LogP contribution >= 0.6 is 0 Å². The van der Waals surface area contributed by atoms with E-state index in [-0.39, 0.29) is 10.9 Å². The van der Waals surface area contributed by atoms with Gasteiger partial charge in [0.05, 0.1) is 10.9 Å². The number of hydrogen-bond donors (Lipinski definition) is 0. The average Bonchev–Trinajstić information content (AvgIpc) is 2.78. The third kappa shape index (κ3) is 4.17. The van der Waals surface area contributed by atoms with Gasteiger partial charge in [-0.1, -0.05) is 60.7 Å². The molecule has 0 radical (unpaired) electrons. The molecule has 0 saturated carbocycles. The fourth-order valence-electron chi connectivity index (χ4n) is 4.01. The highest BCUT2D eigenvalue weighted by atomic mass is 32.2. The minimum absolute atomic E-state index is 0.0744. The molecule has 0 aromatic heterocycles. The molecule has 0 aliphatic carbocycles. The van der Waals surface area contributed by atoms with E-state index in [1.165, 1.54) is 33.6 Å². The third-order valence-corrected chi connectivity index (χ3v) is 7.53. The molecule has 3 aromatic carbocycles. The number of hydrogen-bond acceptors (Lipinski definition) is 3. The van der Waals surface area contributed by atoms with E-state index in [0.717, 1.165) is 0 Å². The molecule has 3 aromatic rings. The van der Waals surface area contributed by atoms with Crippen molar-refractivity contribution < 1.29 is 12.8 Å². The molecule has 4 nitrogen and oxygen atoms in total. The smallest absolute Gasteiger partial charge is 0.243 e. The zero-order chi connectivity index (χ0) is 21.1. The minimum Gasteiger partial charge on any atom is -0.290 e. The largest absolute Gasteiger partial charge is 0.290 e. The van der Waals surface area contributed by atoms with Crippen LogP contribution in [0.1, 0.15) is 22.7 Å². The molecule has 1 saturated heterocycles. The van der Waals surface area contributed by atoms with Crippen molar-refractivity contribution in [2.75, 3.05) is 26.2 Å². The van der Waals surface area contributed by atoms with Crippen molar-refractivity contribution in [1.29, 1.82) is 0 Å². The first-order valence-corrected chi connectivity index (χ1v) is 11.5. The summed E-state index contributed by atoms with van der Waals surface area (Å²) in [7, 11) is -3.64. The van der Waals surface area contributed by atoms with Gasteiger partial charge in [-0.05, 0) is 41.8 Å². The Labute approximate surface area is 177 Å². The molecule has 0 spiro atoms. The summed E-state index contributed by atoms with van der Waals surface area (Å²) in [5, 5.41) is 0. The van der Waals surface area contributed by atoms with Crippen molar-refractivity contribution in [2.24, 2.45) is 0 Å². The second-order valence-corrected chi connectivity index (χ2v) is 9.51. The second kappa shape index (κ2) is 8.68. The van der Waals surface area contributed by atoms with Crippen LogP contribution in [0.4, 0.5) is 4.39 Å². The van der Waals surface area contributed by atoms with Gasteiger partial charge in [-0.2, -0.15) is 4.31 Å². The van der Waals surface area contributed by atoms with Crippen molar-refractivity contribution >= 4 is 10.0 Å². The molecule has 0 unspecified atom stereocenters. The normalized spacial score (nSPS) is 16.1. The highest BCUT2D eigenvalue weighted by Gasteiger charge is 2.32. The molecule has 1 heterocycles. The monoisotopic (exact) mass is 424 g/mol. The summed E-state index contributed by atoms with van der Waals surface area (Å²) in [5.41, 5.74) is 2.71. The molecule has 0 bridgehead atoms. The maximum absolute atomic E-state index is 13.6. The van der Waals surface area contributed by atoms with Crippen LogP contribution in [0, 0.1) is 12.7 Å². The highest BCUT2D eigenvalue weighted by molar-refractivity contribution is 7.89. The quantitative estimate of drug-likeness (QED) is 0.615. The van der Waals surface area contributed by atoms with Gasteiger partial charge in [0.25, 0.3) is 0 Å². The summed E-state index contributed by atoms with van der Waals surface area (Å²) in [6.07, 6.45) is 0. The second-order valence-electron chi connectivity index (χ2n) is 7.57. The van der Waals surface area contributed by atoms with Crippen LogP contribution in [0.25, 0.3) is 0 Å². The Balaban J connectivity index is 1.55. The van der Waals surface area contributed by atoms with Gasteiger partial charge in [0.1, 0.15) is 5.82 Å². The van der Waals surface area contributed by atoms with Crippen molar-refractivity contribution in [3.63, 3.8) is 0 Å². The molecule has 156 valence electrons. The lowest BCUT2D eigenvalue weighted by molar-refractivity contribution is 0.156. The number of nitrogens with zero attached hydrogens (tertiary/aromatic N) is 2. The molecule has 1 aliphatic heterocycles. The van der Waals surface area contributed by atoms with Gasteiger partial charge in [0.2, 0.25) is 10.0 Å². The summed E-state index contributed by atoms with van der Waals surface area (Å²) in [6, 6.07) is 24.6. The minimum atomic E-state index is -3.64. The summed E-state index contributed by atoms with van der Waals surface area (Å²) >= 11 is 0. The molecular weight excluding hydrogens is 399 g/mol. The molecule has 0 N–H and O–H groups in total. The SMILES string of the molecule is Cc1cc(S(=O)(=O)N2CCN(C(c3ccccc3)c3ccccc3)CC2)ccc1F. The summed E-state index contributed by atoms with van der Waals surface area (Å²) in [4.78, 5) is 2.48. The standard InChI is InChI=1S/C24H25FN2O2S/c1-19-18-22(12-13-23(19)25)30(28,29)27-16-14-26(15-17-27)24(20-8-4-2-5-9-20)21-10-6-3-7-11-21/h2-13,18,24H,14-17H2,1H3. The van der Waals surface area contributed by atoms with Gasteiger partial charge in [0, 0.05) is 26.2 Å². The van der Waals surface area contributed by atoms with Crippen LogP contribution in [0.2, 0.25) is 0 Å². The molecule has 6 heteroatoms. The number of sulfonamides is 1. The highest BCUT2D eigenvalue weighted by Crippen LogP contribution is 2.30. The number of halogens is 1. The van der Waals surface area contributed by atoms with Crippen LogP contribution in [-0.2, 0) is 10.0 Å². The Bertz CT molecular complexity index is 1060. The van der Waals surface area contributed by atoms with Crippen LogP contribution in [0.15, 0.2) is 83.8 Å². The van der Waals surface area contributed by atoms with Gasteiger partial charge in [-0.3, -0.25) is 4.90 Å². The van der Waals surface area contributed by atoms with E-state index < -0.39 is 15.8 Å². The van der Waals surface area contributed by atoms with Crippen molar-refractivity contribution in [3.05, 3.63) is 101 Å². The summed E-state index contributed by atoms with van der Waals surface area (Å²) < 4.78 is 41.2. The van der Waals surface area contributed by atoms with Gasteiger partial charge < -0.3 is 0 Å². The predicted molar refractivity (Wildman–Crippen MR) is 116 cm³/mol. The number of rotatable bonds is 5. The van der Waals surface area contributed by atoms with Crippen molar-refractivity contribution in [2.45, 2.75) is 17.9 Å². The van der Waals surface area contributed by atoms with E-state index in [2.05, 4.69) is 29.2 Å². The van der Waals surface area contributed by atoms with Gasteiger partial charge in [-0.25, -0.2) is 12.8 Å². The van der Waals surface area contributed by atoms with E-state index >= 15 is 0 Å². The Hall–Kier alpha value is -2.54. The van der Waals surface area contributed by atoms with E-state index in [9.17, 15) is 12.8 Å². The third-order valence-electron chi connectivity index (χ3n) is 5.64. The van der Waals surface area contributed by atoms with Crippen LogP contribution in [-0.4, -0.2) is 43.8 Å². The predicted octanol–water partition coefficient (Wildman–Crippen LogP) is 4.23. The number of benzene rings is 3. The topological polar surface area (TPSA) is 40.6 Å². The maximum atomic E-state index is 13.6. The molecule has 1 fully saturated rings. The average molecular weight is 425 g/mol. The maximum Gasteiger partial charge on any atom is 0.243 e. The molecule has 4 rings (SSSR count). The first kappa shape index (κ1) is 20.7. The zero-order valence-electron chi connectivity index (χ0n) is 16.9. The zero-order valence-corrected chi connectivity index (χ0v) is 17.7. The molecule has 0 atom stereocenters. The first-order chi connectivity index (χ1) is 14.5. The molecule has 30 heavy (non-hydrogen) atoms. The summed E-state index contributed by atoms with van der Waals surface area (Å²) in [5.74, 6) is -0.396. The van der Waals surface area contributed by atoms with E-state index in [0.29, 0.717) is 31.7 Å². The number of piperazine rings is 1. The van der Waals surface area contributed by atoms with Gasteiger partial charge in [0.15, 0.2) is 0 Å². The van der Waals surface area contributed by atoms with Crippen molar-refractivity contribution in [1.82, 2.24) is 9.21 Å². The molecule has 1 aliphatic rings. The lowest BCUT2D eigenvalue weighted by Gasteiger charge is -2.39. The van der Waals surface area contributed by atoms with E-state index in [1.807, 2.05) is 36.4 Å². The van der Waals surface area contributed by atoms with Crippen molar-refractivity contribution in [3.8, 4) is 0 Å². The molecule has 0 amide bonds. The first-order valence-electron chi connectivity index (χ1n) is 10.1. The Morgan fingerprint density at radius 1 is 0.800 bits per heavy atom. The fraction of sp³-hybridized carbons (Fsp3) is 0.250. The lowest BCUT2D eigenvalue weighted by atomic mass is 9.96. The fourth-order valence-corrected chi connectivity index (χ4v) is 5.52. The lowest BCUT2D eigenvalue weighted by Crippen LogP contribution is -2.49. The Morgan fingerprint density at radius 2 is 1.33 bits per heavy atom. The number of aryl methyl sites for hydroxylation is 1. The van der Waals surface area contributed by atoms with Crippen LogP contribution in [0.3, 0.4) is 0 Å². The van der Waals surface area contributed by atoms with Gasteiger partial charge in [-0.15, -0.1) is 0 Å². The van der Waals surface area contributed by atoms with Crippen LogP contribution < -0.4 is 0 Å².